The van der Waals surface area contributed by atoms with E-state index in [4.69, 9.17) is 5.11 Å². The Bertz CT molecular complexity index is 458. The molecule has 0 aromatic heterocycles. The number of hydrogen-bond donors (Lipinski definition) is 1. The smallest absolute Gasteiger partial charge is 0.335 e. The van der Waals surface area contributed by atoms with Gasteiger partial charge in [-0.2, -0.15) is 0 Å². The number of allylic oxidation sites excluding steroid dienone is 2. The van der Waals surface area contributed by atoms with Crippen molar-refractivity contribution in [2.24, 2.45) is 0 Å². The van der Waals surface area contributed by atoms with Gasteiger partial charge in [0.05, 0.1) is 5.56 Å². The zero-order valence-electron chi connectivity index (χ0n) is 12.2. The van der Waals surface area contributed by atoms with Crippen molar-refractivity contribution in [2.45, 2.75) is 52.9 Å². The Hall–Kier alpha value is -1.57. The fourth-order valence-electron chi connectivity index (χ4n) is 2.25. The van der Waals surface area contributed by atoms with Gasteiger partial charge in [0.2, 0.25) is 0 Å². The molecule has 1 rings (SSSR count). The van der Waals surface area contributed by atoms with Gasteiger partial charge >= 0.3 is 5.97 Å². The van der Waals surface area contributed by atoms with E-state index < -0.39 is 5.97 Å². The highest BCUT2D eigenvalue weighted by atomic mass is 16.4. The first kappa shape index (κ1) is 15.5. The lowest BCUT2D eigenvalue weighted by Gasteiger charge is -2.11. The quantitative estimate of drug-likeness (QED) is 0.754. The van der Waals surface area contributed by atoms with Crippen LogP contribution in [0.1, 0.15) is 67.9 Å². The Morgan fingerprint density at radius 1 is 1.21 bits per heavy atom. The van der Waals surface area contributed by atoms with Gasteiger partial charge in [0.25, 0.3) is 0 Å². The van der Waals surface area contributed by atoms with Crippen molar-refractivity contribution in [2.75, 3.05) is 0 Å². The Morgan fingerprint density at radius 2 is 1.95 bits per heavy atom. The topological polar surface area (TPSA) is 37.3 Å². The summed E-state index contributed by atoms with van der Waals surface area (Å²) in [4.78, 5) is 11.1. The molecule has 0 aliphatic carbocycles. The number of benzene rings is 1. The van der Waals surface area contributed by atoms with E-state index in [0.717, 1.165) is 37.7 Å². The number of aryl methyl sites for hydroxylation is 1. The molecule has 1 N–H and O–H groups in total. The predicted octanol–water partition coefficient (Wildman–Crippen LogP) is 4.93. The average Bonchev–Trinajstić information content (AvgIpc) is 2.42. The standard InChI is InChI=1S/C17H24O2/c1-4-7-9-14(8-5-2)15-10-11-16(17(18)19)13(6-3)12-15/h9-12H,4-8H2,1-3H3,(H,18,19)/b14-9+. The number of carbonyl (C=O) groups is 1. The molecule has 0 amide bonds. The fraction of sp³-hybridized carbons (Fsp3) is 0.471. The molecule has 0 saturated carbocycles. The molecule has 19 heavy (non-hydrogen) atoms. The summed E-state index contributed by atoms with van der Waals surface area (Å²) in [7, 11) is 0. The summed E-state index contributed by atoms with van der Waals surface area (Å²) in [5.41, 5.74) is 3.87. The maximum absolute atomic E-state index is 11.1. The molecule has 0 atom stereocenters. The van der Waals surface area contributed by atoms with E-state index in [9.17, 15) is 4.79 Å². The summed E-state index contributed by atoms with van der Waals surface area (Å²) in [5, 5.41) is 9.16. The van der Waals surface area contributed by atoms with Gasteiger partial charge in [-0.05, 0) is 42.0 Å². The van der Waals surface area contributed by atoms with Gasteiger partial charge in [-0.15, -0.1) is 0 Å². The maximum Gasteiger partial charge on any atom is 0.335 e. The van der Waals surface area contributed by atoms with E-state index in [0.29, 0.717) is 5.56 Å². The first-order valence-corrected chi connectivity index (χ1v) is 7.19. The van der Waals surface area contributed by atoms with Gasteiger partial charge in [-0.3, -0.25) is 0 Å². The number of rotatable bonds is 7. The molecule has 104 valence electrons. The van der Waals surface area contributed by atoms with Gasteiger partial charge in [-0.25, -0.2) is 4.79 Å². The van der Waals surface area contributed by atoms with Crippen molar-refractivity contribution in [1.82, 2.24) is 0 Å². The summed E-state index contributed by atoms with van der Waals surface area (Å²) >= 11 is 0. The molecule has 0 bridgehead atoms. The van der Waals surface area contributed by atoms with Crippen LogP contribution in [-0.2, 0) is 6.42 Å². The van der Waals surface area contributed by atoms with E-state index in [1.165, 1.54) is 11.1 Å². The molecular weight excluding hydrogens is 236 g/mol. The molecule has 1 aromatic carbocycles. The van der Waals surface area contributed by atoms with Crippen molar-refractivity contribution < 1.29 is 9.90 Å². The van der Waals surface area contributed by atoms with Crippen molar-refractivity contribution in [1.29, 1.82) is 0 Å². The number of aromatic carboxylic acids is 1. The second kappa shape index (κ2) is 7.78. The maximum atomic E-state index is 11.1. The van der Waals surface area contributed by atoms with Gasteiger partial charge in [0.15, 0.2) is 0 Å². The summed E-state index contributed by atoms with van der Waals surface area (Å²) in [6.45, 7) is 6.35. The summed E-state index contributed by atoms with van der Waals surface area (Å²) < 4.78 is 0. The lowest BCUT2D eigenvalue weighted by Crippen LogP contribution is -2.02. The van der Waals surface area contributed by atoms with Crippen LogP contribution < -0.4 is 0 Å². The van der Waals surface area contributed by atoms with Gasteiger partial charge in [0.1, 0.15) is 0 Å². The van der Waals surface area contributed by atoms with E-state index >= 15 is 0 Å². The number of carboxylic acid groups (broad SMARTS) is 1. The molecule has 0 spiro atoms. The third-order valence-corrected chi connectivity index (χ3v) is 3.29. The zero-order chi connectivity index (χ0) is 14.3. The molecule has 1 aromatic rings. The van der Waals surface area contributed by atoms with Crippen LogP contribution in [0, 0.1) is 0 Å². The second-order valence-corrected chi connectivity index (χ2v) is 4.80. The third-order valence-electron chi connectivity index (χ3n) is 3.29. The average molecular weight is 260 g/mol. The lowest BCUT2D eigenvalue weighted by atomic mass is 9.94. The Labute approximate surface area is 116 Å². The van der Waals surface area contributed by atoms with Crippen molar-refractivity contribution in [3.63, 3.8) is 0 Å². The highest BCUT2D eigenvalue weighted by Gasteiger charge is 2.10. The van der Waals surface area contributed by atoms with Crippen LogP contribution in [0.2, 0.25) is 0 Å². The Kier molecular flexibility index (Phi) is 6.34. The van der Waals surface area contributed by atoms with Crippen LogP contribution >= 0.6 is 0 Å². The molecule has 2 heteroatoms. The normalized spacial score (nSPS) is 11.6. The molecule has 0 radical (unpaired) electrons. The van der Waals surface area contributed by atoms with Crippen LogP contribution in [0.15, 0.2) is 24.3 Å². The Balaban J connectivity index is 3.14. The molecule has 0 saturated heterocycles. The first-order valence-electron chi connectivity index (χ1n) is 7.19. The van der Waals surface area contributed by atoms with Gasteiger partial charge in [0, 0.05) is 0 Å². The van der Waals surface area contributed by atoms with Gasteiger partial charge < -0.3 is 5.11 Å². The molecular formula is C17H24O2. The molecule has 0 unspecified atom stereocenters. The predicted molar refractivity (Wildman–Crippen MR) is 80.6 cm³/mol. The number of unbranched alkanes of at least 4 members (excludes halogenated alkanes) is 1. The highest BCUT2D eigenvalue weighted by molar-refractivity contribution is 5.90. The van der Waals surface area contributed by atoms with E-state index in [2.05, 4.69) is 19.9 Å². The number of hydrogen-bond acceptors (Lipinski definition) is 1. The van der Waals surface area contributed by atoms with E-state index in [1.807, 2.05) is 19.1 Å². The molecule has 0 aliphatic rings. The first-order chi connectivity index (χ1) is 9.13. The van der Waals surface area contributed by atoms with Crippen molar-refractivity contribution in [3.8, 4) is 0 Å². The molecule has 0 fully saturated rings. The van der Waals surface area contributed by atoms with Crippen molar-refractivity contribution >= 4 is 11.5 Å². The third kappa shape index (κ3) is 4.23. The zero-order valence-corrected chi connectivity index (χ0v) is 12.2. The minimum absolute atomic E-state index is 0.428. The summed E-state index contributed by atoms with van der Waals surface area (Å²) in [6, 6.07) is 5.73. The number of carboxylic acids is 1. The second-order valence-electron chi connectivity index (χ2n) is 4.80. The van der Waals surface area contributed by atoms with Crippen molar-refractivity contribution in [3.05, 3.63) is 41.0 Å². The molecule has 2 nitrogen and oxygen atoms in total. The summed E-state index contributed by atoms with van der Waals surface area (Å²) in [5.74, 6) is -0.835. The van der Waals surface area contributed by atoms with Crippen LogP contribution in [0.25, 0.3) is 5.57 Å². The monoisotopic (exact) mass is 260 g/mol. The van der Waals surface area contributed by atoms with Gasteiger partial charge in [-0.1, -0.05) is 51.8 Å². The Morgan fingerprint density at radius 3 is 2.47 bits per heavy atom. The van der Waals surface area contributed by atoms with Crippen LogP contribution in [0.5, 0.6) is 0 Å². The van der Waals surface area contributed by atoms with E-state index in [-0.39, 0.29) is 0 Å². The molecule has 0 heterocycles. The van der Waals surface area contributed by atoms with Crippen LogP contribution in [0.4, 0.5) is 0 Å². The SMILES string of the molecule is CCC/C=C(\CCC)c1ccc(C(=O)O)c(CC)c1. The fourth-order valence-corrected chi connectivity index (χ4v) is 2.25. The highest BCUT2D eigenvalue weighted by Crippen LogP contribution is 2.24. The lowest BCUT2D eigenvalue weighted by molar-refractivity contribution is 0.0695. The van der Waals surface area contributed by atoms with E-state index in [1.54, 1.807) is 6.07 Å². The largest absolute Gasteiger partial charge is 0.478 e. The molecule has 0 aliphatic heterocycles. The van der Waals surface area contributed by atoms with Crippen LogP contribution in [-0.4, -0.2) is 11.1 Å². The summed E-state index contributed by atoms with van der Waals surface area (Å²) in [6.07, 6.45) is 7.42. The van der Waals surface area contributed by atoms with Crippen LogP contribution in [0.3, 0.4) is 0 Å². The minimum Gasteiger partial charge on any atom is -0.478 e. The minimum atomic E-state index is -0.835.